The van der Waals surface area contributed by atoms with Gasteiger partial charge in [0.1, 0.15) is 0 Å². The standard InChI is InChI=1S/C11H23N3O/c1-13-4-2-11(12,10-13)3-5-14-6-8-15-9-7-14/h2-10,12H2,1H3. The fourth-order valence-electron chi connectivity index (χ4n) is 2.52. The van der Waals surface area contributed by atoms with E-state index in [2.05, 4.69) is 16.8 Å². The van der Waals surface area contributed by atoms with Gasteiger partial charge in [-0.05, 0) is 26.4 Å². The minimum atomic E-state index is 0.0626. The smallest absolute Gasteiger partial charge is 0.0594 e. The lowest BCUT2D eigenvalue weighted by Gasteiger charge is -2.31. The van der Waals surface area contributed by atoms with Gasteiger partial charge in [-0.3, -0.25) is 4.90 Å². The predicted octanol–water partition coefficient (Wildman–Crippen LogP) is -0.258. The van der Waals surface area contributed by atoms with Crippen LogP contribution < -0.4 is 5.73 Å². The molecule has 1 atom stereocenters. The van der Waals surface area contributed by atoms with E-state index >= 15 is 0 Å². The maximum Gasteiger partial charge on any atom is 0.0594 e. The molecule has 0 saturated carbocycles. The number of nitrogens with two attached hydrogens (primary N) is 1. The Hall–Kier alpha value is -0.160. The molecule has 4 heteroatoms. The van der Waals surface area contributed by atoms with Gasteiger partial charge in [-0.2, -0.15) is 0 Å². The van der Waals surface area contributed by atoms with E-state index in [0.717, 1.165) is 58.8 Å². The Labute approximate surface area is 92.4 Å². The van der Waals surface area contributed by atoms with Crippen LogP contribution in [0.4, 0.5) is 0 Å². The summed E-state index contributed by atoms with van der Waals surface area (Å²) < 4.78 is 5.33. The first-order valence-electron chi connectivity index (χ1n) is 5.96. The highest BCUT2D eigenvalue weighted by Gasteiger charge is 2.32. The zero-order valence-corrected chi connectivity index (χ0v) is 9.74. The number of hydrogen-bond acceptors (Lipinski definition) is 4. The SMILES string of the molecule is CN1CCC(N)(CCN2CCOCC2)C1. The second kappa shape index (κ2) is 4.78. The molecule has 0 radical (unpaired) electrons. The number of nitrogens with zero attached hydrogens (tertiary/aromatic N) is 2. The lowest BCUT2D eigenvalue weighted by molar-refractivity contribution is 0.0347. The first-order valence-corrected chi connectivity index (χ1v) is 5.96. The molecule has 2 aliphatic rings. The monoisotopic (exact) mass is 213 g/mol. The van der Waals surface area contributed by atoms with Crippen molar-refractivity contribution in [1.29, 1.82) is 0 Å². The van der Waals surface area contributed by atoms with E-state index in [1.54, 1.807) is 0 Å². The third kappa shape index (κ3) is 3.14. The summed E-state index contributed by atoms with van der Waals surface area (Å²) in [6, 6.07) is 0. The van der Waals surface area contributed by atoms with E-state index in [-0.39, 0.29) is 5.54 Å². The molecule has 4 nitrogen and oxygen atoms in total. The van der Waals surface area contributed by atoms with E-state index in [4.69, 9.17) is 10.5 Å². The summed E-state index contributed by atoms with van der Waals surface area (Å²) >= 11 is 0. The molecule has 2 N–H and O–H groups in total. The second-order valence-electron chi connectivity index (χ2n) is 5.05. The van der Waals surface area contributed by atoms with Crippen molar-refractivity contribution in [3.63, 3.8) is 0 Å². The van der Waals surface area contributed by atoms with Gasteiger partial charge in [0.25, 0.3) is 0 Å². The van der Waals surface area contributed by atoms with Crippen molar-refractivity contribution >= 4 is 0 Å². The van der Waals surface area contributed by atoms with Crippen molar-refractivity contribution in [1.82, 2.24) is 9.80 Å². The molecule has 2 fully saturated rings. The lowest BCUT2D eigenvalue weighted by atomic mass is 9.95. The Morgan fingerprint density at radius 1 is 1.27 bits per heavy atom. The summed E-state index contributed by atoms with van der Waals surface area (Å²) in [4.78, 5) is 4.80. The fourth-order valence-corrected chi connectivity index (χ4v) is 2.52. The fraction of sp³-hybridized carbons (Fsp3) is 1.00. The molecule has 2 aliphatic heterocycles. The molecule has 88 valence electrons. The normalized spacial score (nSPS) is 34.8. The van der Waals surface area contributed by atoms with Crippen LogP contribution in [0, 0.1) is 0 Å². The summed E-state index contributed by atoms with van der Waals surface area (Å²) in [5.74, 6) is 0. The first kappa shape index (κ1) is 11.3. The Balaban J connectivity index is 1.72. The lowest BCUT2D eigenvalue weighted by Crippen LogP contribution is -2.46. The van der Waals surface area contributed by atoms with Crippen LogP contribution in [0.25, 0.3) is 0 Å². The molecule has 0 aromatic rings. The van der Waals surface area contributed by atoms with Gasteiger partial charge in [-0.15, -0.1) is 0 Å². The highest BCUT2D eigenvalue weighted by Crippen LogP contribution is 2.21. The first-order chi connectivity index (χ1) is 7.18. The summed E-state index contributed by atoms with van der Waals surface area (Å²) in [6.45, 7) is 7.26. The highest BCUT2D eigenvalue weighted by molar-refractivity contribution is 4.93. The molecule has 2 rings (SSSR count). The Bertz CT molecular complexity index is 206. The second-order valence-corrected chi connectivity index (χ2v) is 5.05. The highest BCUT2D eigenvalue weighted by atomic mass is 16.5. The van der Waals surface area contributed by atoms with E-state index in [1.165, 1.54) is 0 Å². The molecule has 0 aromatic heterocycles. The minimum absolute atomic E-state index is 0.0626. The average molecular weight is 213 g/mol. The largest absolute Gasteiger partial charge is 0.379 e. The van der Waals surface area contributed by atoms with Crippen LogP contribution in [0.1, 0.15) is 12.8 Å². The van der Waals surface area contributed by atoms with Gasteiger partial charge >= 0.3 is 0 Å². The zero-order valence-electron chi connectivity index (χ0n) is 9.74. The van der Waals surface area contributed by atoms with E-state index < -0.39 is 0 Å². The van der Waals surface area contributed by atoms with Gasteiger partial charge in [0, 0.05) is 31.7 Å². The van der Waals surface area contributed by atoms with E-state index in [0.29, 0.717) is 0 Å². The quantitative estimate of drug-likeness (QED) is 0.701. The Kier molecular flexibility index (Phi) is 3.61. The van der Waals surface area contributed by atoms with Gasteiger partial charge in [0.05, 0.1) is 13.2 Å². The average Bonchev–Trinajstić information content (AvgIpc) is 2.58. The maximum atomic E-state index is 6.37. The number of ether oxygens (including phenoxy) is 1. The third-order valence-electron chi connectivity index (χ3n) is 3.61. The molecule has 0 spiro atoms. The third-order valence-corrected chi connectivity index (χ3v) is 3.61. The van der Waals surface area contributed by atoms with Gasteiger partial charge in [-0.1, -0.05) is 0 Å². The molecule has 0 amide bonds. The molecule has 15 heavy (non-hydrogen) atoms. The molecule has 1 unspecified atom stereocenters. The molecule has 0 bridgehead atoms. The molecular weight excluding hydrogens is 190 g/mol. The Morgan fingerprint density at radius 3 is 2.60 bits per heavy atom. The number of likely N-dealkylation sites (tertiary alicyclic amines) is 1. The van der Waals surface area contributed by atoms with Gasteiger partial charge in [-0.25, -0.2) is 0 Å². The summed E-state index contributed by atoms with van der Waals surface area (Å²) in [5, 5.41) is 0. The summed E-state index contributed by atoms with van der Waals surface area (Å²) in [7, 11) is 2.16. The number of rotatable bonds is 3. The minimum Gasteiger partial charge on any atom is -0.379 e. The van der Waals surface area contributed by atoms with E-state index in [1.807, 2.05) is 0 Å². The van der Waals surface area contributed by atoms with Crippen LogP contribution in [-0.2, 0) is 4.74 Å². The van der Waals surface area contributed by atoms with Crippen LogP contribution in [0.15, 0.2) is 0 Å². The molecular formula is C11H23N3O. The van der Waals surface area contributed by atoms with Crippen LogP contribution in [-0.4, -0.2) is 68.3 Å². The molecule has 2 saturated heterocycles. The van der Waals surface area contributed by atoms with Crippen molar-refractivity contribution in [3.05, 3.63) is 0 Å². The summed E-state index contributed by atoms with van der Waals surface area (Å²) in [5.41, 5.74) is 6.43. The van der Waals surface area contributed by atoms with Crippen molar-refractivity contribution in [3.8, 4) is 0 Å². The molecule has 0 aliphatic carbocycles. The summed E-state index contributed by atoms with van der Waals surface area (Å²) in [6.07, 6.45) is 2.27. The molecule has 0 aromatic carbocycles. The topological polar surface area (TPSA) is 41.7 Å². The van der Waals surface area contributed by atoms with Crippen LogP contribution in [0.2, 0.25) is 0 Å². The van der Waals surface area contributed by atoms with Gasteiger partial charge in [0.2, 0.25) is 0 Å². The zero-order chi connectivity index (χ0) is 10.7. The Morgan fingerprint density at radius 2 is 2.00 bits per heavy atom. The molecule has 2 heterocycles. The van der Waals surface area contributed by atoms with Crippen LogP contribution >= 0.6 is 0 Å². The van der Waals surface area contributed by atoms with E-state index in [9.17, 15) is 0 Å². The van der Waals surface area contributed by atoms with Crippen molar-refractivity contribution in [2.45, 2.75) is 18.4 Å². The van der Waals surface area contributed by atoms with Gasteiger partial charge in [0.15, 0.2) is 0 Å². The van der Waals surface area contributed by atoms with Crippen molar-refractivity contribution in [2.75, 3.05) is 53.0 Å². The number of likely N-dealkylation sites (N-methyl/N-ethyl adjacent to an activating group) is 1. The maximum absolute atomic E-state index is 6.37. The van der Waals surface area contributed by atoms with Crippen LogP contribution in [0.5, 0.6) is 0 Å². The van der Waals surface area contributed by atoms with Crippen molar-refractivity contribution in [2.24, 2.45) is 5.73 Å². The van der Waals surface area contributed by atoms with Crippen LogP contribution in [0.3, 0.4) is 0 Å². The predicted molar refractivity (Wildman–Crippen MR) is 60.9 cm³/mol. The van der Waals surface area contributed by atoms with Gasteiger partial charge < -0.3 is 15.4 Å². The number of hydrogen-bond donors (Lipinski definition) is 1. The number of morpholine rings is 1. The van der Waals surface area contributed by atoms with Crippen molar-refractivity contribution < 1.29 is 4.74 Å².